The van der Waals surface area contributed by atoms with Crippen LogP contribution in [0.1, 0.15) is 36.5 Å². The molecular weight excluding hydrogens is 258 g/mol. The first-order valence-electron chi connectivity index (χ1n) is 7.63. The molecule has 0 aromatic heterocycles. The van der Waals surface area contributed by atoms with E-state index in [-0.39, 0.29) is 11.3 Å². The van der Waals surface area contributed by atoms with Crippen molar-refractivity contribution in [2.24, 2.45) is 0 Å². The fraction of sp³-hybridized carbons (Fsp3) is 0.316. The van der Waals surface area contributed by atoms with E-state index in [2.05, 4.69) is 43.4 Å². The van der Waals surface area contributed by atoms with Crippen molar-refractivity contribution in [2.75, 3.05) is 5.32 Å². The number of anilines is 1. The first-order chi connectivity index (χ1) is 10.2. The molecule has 3 rings (SSSR count). The maximum Gasteiger partial charge on any atom is 0.235 e. The maximum absolute atomic E-state index is 12.8. The highest BCUT2D eigenvalue weighted by atomic mass is 16.2. The van der Waals surface area contributed by atoms with Gasteiger partial charge >= 0.3 is 0 Å². The molecule has 1 amide bonds. The molecule has 0 aliphatic heterocycles. The Kier molecular flexibility index (Phi) is 3.54. The van der Waals surface area contributed by atoms with Crippen molar-refractivity contribution in [2.45, 2.75) is 38.5 Å². The van der Waals surface area contributed by atoms with Crippen molar-refractivity contribution in [3.8, 4) is 0 Å². The van der Waals surface area contributed by atoms with Crippen LogP contribution in [0.15, 0.2) is 48.5 Å². The normalized spacial score (nSPS) is 15.5. The zero-order chi connectivity index (χ0) is 14.9. The quantitative estimate of drug-likeness (QED) is 0.891. The Balaban J connectivity index is 1.88. The highest BCUT2D eigenvalue weighted by Gasteiger charge is 2.51. The molecule has 0 unspecified atom stereocenters. The Morgan fingerprint density at radius 3 is 2.43 bits per heavy atom. The number of amides is 1. The van der Waals surface area contributed by atoms with Gasteiger partial charge in [0, 0.05) is 5.69 Å². The van der Waals surface area contributed by atoms with Gasteiger partial charge in [-0.3, -0.25) is 4.79 Å². The Morgan fingerprint density at radius 1 is 1.10 bits per heavy atom. The highest BCUT2D eigenvalue weighted by molar-refractivity contribution is 6.02. The van der Waals surface area contributed by atoms with Crippen molar-refractivity contribution >= 4 is 11.6 Å². The average molecular weight is 279 g/mol. The summed E-state index contributed by atoms with van der Waals surface area (Å²) in [7, 11) is 0. The molecule has 1 N–H and O–H groups in total. The first kappa shape index (κ1) is 13.9. The number of nitrogens with one attached hydrogen (secondary N) is 1. The van der Waals surface area contributed by atoms with Gasteiger partial charge in [-0.25, -0.2) is 0 Å². The third-order valence-corrected chi connectivity index (χ3v) is 4.49. The van der Waals surface area contributed by atoms with Gasteiger partial charge in [0.25, 0.3) is 0 Å². The molecule has 21 heavy (non-hydrogen) atoms. The number of carbonyl (C=O) groups is 1. The summed E-state index contributed by atoms with van der Waals surface area (Å²) in [4.78, 5) is 12.8. The molecule has 1 aliphatic rings. The lowest BCUT2D eigenvalue weighted by Crippen LogP contribution is -2.28. The van der Waals surface area contributed by atoms with E-state index in [9.17, 15) is 4.79 Å². The molecule has 0 spiro atoms. The number of rotatable bonds is 4. The average Bonchev–Trinajstić information content (AvgIpc) is 3.32. The molecule has 2 nitrogen and oxygen atoms in total. The molecule has 0 bridgehead atoms. The minimum absolute atomic E-state index is 0.137. The second-order valence-electron chi connectivity index (χ2n) is 5.86. The van der Waals surface area contributed by atoms with Crippen LogP contribution in [-0.4, -0.2) is 5.91 Å². The summed E-state index contributed by atoms with van der Waals surface area (Å²) in [6.07, 6.45) is 2.81. The molecule has 1 fully saturated rings. The van der Waals surface area contributed by atoms with Crippen molar-refractivity contribution in [3.05, 3.63) is 65.2 Å². The van der Waals surface area contributed by atoms with Crippen LogP contribution < -0.4 is 5.32 Å². The van der Waals surface area contributed by atoms with Crippen LogP contribution in [0.5, 0.6) is 0 Å². The van der Waals surface area contributed by atoms with Crippen molar-refractivity contribution in [1.82, 2.24) is 0 Å². The molecule has 2 aromatic carbocycles. The first-order valence-corrected chi connectivity index (χ1v) is 7.63. The fourth-order valence-corrected chi connectivity index (χ4v) is 2.96. The summed E-state index contributed by atoms with van der Waals surface area (Å²) in [5.41, 5.74) is 4.15. The summed E-state index contributed by atoms with van der Waals surface area (Å²) >= 11 is 0. The van der Waals surface area contributed by atoms with E-state index in [4.69, 9.17) is 0 Å². The third-order valence-electron chi connectivity index (χ3n) is 4.49. The van der Waals surface area contributed by atoms with Crippen LogP contribution in [0.25, 0.3) is 0 Å². The molecule has 1 saturated carbocycles. The second kappa shape index (κ2) is 5.36. The maximum atomic E-state index is 12.8. The second-order valence-corrected chi connectivity index (χ2v) is 5.86. The number of benzene rings is 2. The number of carbonyl (C=O) groups excluding carboxylic acids is 1. The Hall–Kier alpha value is -2.09. The number of hydrogen-bond acceptors (Lipinski definition) is 1. The van der Waals surface area contributed by atoms with E-state index in [1.165, 1.54) is 5.56 Å². The standard InChI is InChI=1S/C19H21NO/c1-3-15-9-7-8-14(2)17(15)20-18(21)19(12-13-19)16-10-5-4-6-11-16/h4-11H,3,12-13H2,1-2H3,(H,20,21). The lowest BCUT2D eigenvalue weighted by Gasteiger charge is -2.19. The summed E-state index contributed by atoms with van der Waals surface area (Å²) in [5.74, 6) is 0.137. The fourth-order valence-electron chi connectivity index (χ4n) is 2.96. The molecule has 0 atom stereocenters. The zero-order valence-electron chi connectivity index (χ0n) is 12.6. The largest absolute Gasteiger partial charge is 0.325 e. The van der Waals surface area contributed by atoms with Crippen LogP contribution in [0.2, 0.25) is 0 Å². The lowest BCUT2D eigenvalue weighted by atomic mass is 9.94. The van der Waals surface area contributed by atoms with E-state index >= 15 is 0 Å². The van der Waals surface area contributed by atoms with Crippen LogP contribution in [0.4, 0.5) is 5.69 Å². The van der Waals surface area contributed by atoms with Gasteiger partial charge in [0.2, 0.25) is 5.91 Å². The van der Waals surface area contributed by atoms with E-state index in [1.54, 1.807) is 0 Å². The van der Waals surface area contributed by atoms with Gasteiger partial charge in [0.1, 0.15) is 0 Å². The Bertz CT molecular complexity index is 657. The molecule has 0 saturated heterocycles. The van der Waals surface area contributed by atoms with Crippen LogP contribution in [0, 0.1) is 6.92 Å². The van der Waals surface area contributed by atoms with E-state index < -0.39 is 0 Å². The van der Waals surface area contributed by atoms with Crippen molar-refractivity contribution in [1.29, 1.82) is 0 Å². The Morgan fingerprint density at radius 2 is 1.81 bits per heavy atom. The summed E-state index contributed by atoms with van der Waals surface area (Å²) < 4.78 is 0. The molecule has 0 heterocycles. The lowest BCUT2D eigenvalue weighted by molar-refractivity contribution is -0.118. The molecule has 0 radical (unpaired) electrons. The van der Waals surface area contributed by atoms with E-state index in [1.807, 2.05) is 24.3 Å². The minimum Gasteiger partial charge on any atom is -0.325 e. The summed E-state index contributed by atoms with van der Waals surface area (Å²) in [5, 5.41) is 3.19. The molecule has 2 aromatic rings. The van der Waals surface area contributed by atoms with Gasteiger partial charge in [-0.1, -0.05) is 55.5 Å². The van der Waals surface area contributed by atoms with Crippen LogP contribution >= 0.6 is 0 Å². The van der Waals surface area contributed by atoms with Crippen LogP contribution in [0.3, 0.4) is 0 Å². The van der Waals surface area contributed by atoms with E-state index in [0.29, 0.717) is 0 Å². The molecular formula is C19H21NO. The molecule has 108 valence electrons. The monoisotopic (exact) mass is 279 g/mol. The number of para-hydroxylation sites is 1. The number of hydrogen-bond donors (Lipinski definition) is 1. The predicted octanol–water partition coefficient (Wildman–Crippen LogP) is 4.23. The SMILES string of the molecule is CCc1cccc(C)c1NC(=O)C1(c2ccccc2)CC1. The van der Waals surface area contributed by atoms with Crippen molar-refractivity contribution < 1.29 is 4.79 Å². The topological polar surface area (TPSA) is 29.1 Å². The smallest absolute Gasteiger partial charge is 0.235 e. The summed E-state index contributed by atoms with van der Waals surface area (Å²) in [6, 6.07) is 16.3. The summed E-state index contributed by atoms with van der Waals surface area (Å²) in [6.45, 7) is 4.17. The molecule has 2 heteroatoms. The van der Waals surface area contributed by atoms with Gasteiger partial charge in [-0.2, -0.15) is 0 Å². The predicted molar refractivity (Wildman–Crippen MR) is 86.5 cm³/mol. The zero-order valence-corrected chi connectivity index (χ0v) is 12.6. The van der Waals surface area contributed by atoms with E-state index in [0.717, 1.165) is 36.1 Å². The third kappa shape index (κ3) is 2.46. The minimum atomic E-state index is -0.311. The van der Waals surface area contributed by atoms with Crippen LogP contribution in [-0.2, 0) is 16.6 Å². The van der Waals surface area contributed by atoms with Crippen molar-refractivity contribution in [3.63, 3.8) is 0 Å². The van der Waals surface area contributed by atoms with Gasteiger partial charge < -0.3 is 5.32 Å². The van der Waals surface area contributed by atoms with Gasteiger partial charge in [-0.05, 0) is 42.9 Å². The van der Waals surface area contributed by atoms with Gasteiger partial charge in [0.05, 0.1) is 5.41 Å². The number of aryl methyl sites for hydroxylation is 2. The Labute approximate surface area is 126 Å². The molecule has 1 aliphatic carbocycles. The highest BCUT2D eigenvalue weighted by Crippen LogP contribution is 2.49. The van der Waals surface area contributed by atoms with Gasteiger partial charge in [-0.15, -0.1) is 0 Å². The van der Waals surface area contributed by atoms with Gasteiger partial charge in [0.15, 0.2) is 0 Å².